The van der Waals surface area contributed by atoms with Crippen molar-refractivity contribution < 1.29 is 22.4 Å². The number of nitrogens with zero attached hydrogens (tertiary/aromatic N) is 2. The van der Waals surface area contributed by atoms with Crippen LogP contribution >= 0.6 is 23.2 Å². The van der Waals surface area contributed by atoms with E-state index in [0.29, 0.717) is 24.9 Å². The van der Waals surface area contributed by atoms with Gasteiger partial charge in [-0.1, -0.05) is 49.2 Å². The molecule has 2 aromatic rings. The molecular weight excluding hydrogens is 504 g/mol. The molecule has 0 fully saturated rings. The first-order valence-electron chi connectivity index (χ1n) is 10.7. The van der Waals surface area contributed by atoms with Crippen LogP contribution in [-0.4, -0.2) is 50.5 Å². The minimum absolute atomic E-state index is 0.00886. The molecule has 186 valence electrons. The molecule has 11 heteroatoms. The van der Waals surface area contributed by atoms with Crippen LogP contribution in [0.15, 0.2) is 42.5 Å². The van der Waals surface area contributed by atoms with Crippen molar-refractivity contribution >= 4 is 50.7 Å². The molecular formula is C23H28Cl2FN3O4S. The Morgan fingerprint density at radius 3 is 2.15 bits per heavy atom. The van der Waals surface area contributed by atoms with E-state index in [2.05, 4.69) is 5.32 Å². The Hall–Kier alpha value is -2.36. The van der Waals surface area contributed by atoms with E-state index in [1.54, 1.807) is 6.92 Å². The first kappa shape index (κ1) is 27.9. The zero-order chi connectivity index (χ0) is 25.5. The van der Waals surface area contributed by atoms with Gasteiger partial charge >= 0.3 is 0 Å². The summed E-state index contributed by atoms with van der Waals surface area (Å²) in [6.07, 6.45) is 1.97. The number of benzene rings is 2. The fourth-order valence-corrected chi connectivity index (χ4v) is 4.72. The van der Waals surface area contributed by atoms with Gasteiger partial charge in [-0.3, -0.25) is 13.9 Å². The predicted octanol–water partition coefficient (Wildman–Crippen LogP) is 4.23. The summed E-state index contributed by atoms with van der Waals surface area (Å²) in [5.41, 5.74) is 0.715. The molecule has 0 heterocycles. The van der Waals surface area contributed by atoms with E-state index < -0.39 is 34.3 Å². The van der Waals surface area contributed by atoms with Crippen LogP contribution in [0.1, 0.15) is 32.3 Å². The van der Waals surface area contributed by atoms with Crippen molar-refractivity contribution in [3.05, 3.63) is 63.9 Å². The van der Waals surface area contributed by atoms with Gasteiger partial charge in [0.15, 0.2) is 0 Å². The van der Waals surface area contributed by atoms with Gasteiger partial charge in [-0.15, -0.1) is 0 Å². The molecule has 0 bridgehead atoms. The zero-order valence-electron chi connectivity index (χ0n) is 19.2. The van der Waals surface area contributed by atoms with Gasteiger partial charge in [0.1, 0.15) is 18.4 Å². The number of hydrogen-bond acceptors (Lipinski definition) is 4. The highest BCUT2D eigenvalue weighted by Crippen LogP contribution is 2.27. The SMILES string of the molecule is CCCNC(=O)[C@@H](CC)N(Cc1ccc(F)cc1)C(=O)CN(c1cc(Cl)cc(Cl)c1)S(C)(=O)=O. The highest BCUT2D eigenvalue weighted by atomic mass is 35.5. The van der Waals surface area contributed by atoms with Crippen LogP contribution in [0.25, 0.3) is 0 Å². The van der Waals surface area contributed by atoms with Gasteiger partial charge in [-0.25, -0.2) is 12.8 Å². The van der Waals surface area contributed by atoms with Gasteiger partial charge in [0, 0.05) is 23.1 Å². The Morgan fingerprint density at radius 2 is 1.65 bits per heavy atom. The lowest BCUT2D eigenvalue weighted by molar-refractivity contribution is -0.140. The molecule has 0 saturated carbocycles. The highest BCUT2D eigenvalue weighted by Gasteiger charge is 2.31. The summed E-state index contributed by atoms with van der Waals surface area (Å²) in [6, 6.07) is 8.90. The Morgan fingerprint density at radius 1 is 1.06 bits per heavy atom. The van der Waals surface area contributed by atoms with Crippen molar-refractivity contribution in [3.8, 4) is 0 Å². The van der Waals surface area contributed by atoms with Crippen molar-refractivity contribution in [1.29, 1.82) is 0 Å². The van der Waals surface area contributed by atoms with Crippen LogP contribution in [0.5, 0.6) is 0 Å². The maximum atomic E-state index is 13.5. The molecule has 0 aromatic heterocycles. The standard InChI is InChI=1S/C23H28Cl2FN3O4S/c1-4-10-27-23(31)21(5-2)28(14-16-6-8-19(26)9-7-16)22(30)15-29(34(3,32)33)20-12-17(24)11-18(25)13-20/h6-9,11-13,21H,4-5,10,14-15H2,1-3H3,(H,27,31)/t21-/m1/s1. The molecule has 0 spiro atoms. The van der Waals surface area contributed by atoms with Crippen LogP contribution < -0.4 is 9.62 Å². The number of anilines is 1. The topological polar surface area (TPSA) is 86.8 Å². The van der Waals surface area contributed by atoms with Gasteiger partial charge in [0.05, 0.1) is 11.9 Å². The summed E-state index contributed by atoms with van der Waals surface area (Å²) in [7, 11) is -3.91. The molecule has 2 rings (SSSR count). The fourth-order valence-electron chi connectivity index (χ4n) is 3.37. The average Bonchev–Trinajstić information content (AvgIpc) is 2.75. The van der Waals surface area contributed by atoms with Crippen molar-refractivity contribution in [2.24, 2.45) is 0 Å². The first-order valence-corrected chi connectivity index (χ1v) is 13.3. The lowest BCUT2D eigenvalue weighted by atomic mass is 10.1. The number of halogens is 3. The minimum atomic E-state index is -3.91. The number of sulfonamides is 1. The molecule has 1 N–H and O–H groups in total. The lowest BCUT2D eigenvalue weighted by Gasteiger charge is -2.33. The Kier molecular flexibility index (Phi) is 10.1. The third-order valence-electron chi connectivity index (χ3n) is 5.02. The molecule has 0 unspecified atom stereocenters. The summed E-state index contributed by atoms with van der Waals surface area (Å²) in [4.78, 5) is 27.6. The van der Waals surface area contributed by atoms with Gasteiger partial charge < -0.3 is 10.2 Å². The summed E-state index contributed by atoms with van der Waals surface area (Å²) in [6.45, 7) is 3.51. The molecule has 34 heavy (non-hydrogen) atoms. The third-order valence-corrected chi connectivity index (χ3v) is 6.59. The van der Waals surface area contributed by atoms with Gasteiger partial charge in [0.25, 0.3) is 0 Å². The van der Waals surface area contributed by atoms with Gasteiger partial charge in [-0.05, 0) is 48.7 Å². The Labute approximate surface area is 209 Å². The van der Waals surface area contributed by atoms with Crippen molar-refractivity contribution in [3.63, 3.8) is 0 Å². The summed E-state index contributed by atoms with van der Waals surface area (Å²) in [5, 5.41) is 3.20. The van der Waals surface area contributed by atoms with Gasteiger partial charge in [-0.2, -0.15) is 0 Å². The molecule has 1 atom stereocenters. The molecule has 0 aliphatic carbocycles. The summed E-state index contributed by atoms with van der Waals surface area (Å²) in [5.74, 6) is -1.39. The second-order valence-electron chi connectivity index (χ2n) is 7.76. The highest BCUT2D eigenvalue weighted by molar-refractivity contribution is 7.92. The molecule has 2 aromatic carbocycles. The van der Waals surface area contributed by atoms with E-state index >= 15 is 0 Å². The molecule has 7 nitrogen and oxygen atoms in total. The van der Waals surface area contributed by atoms with Crippen molar-refractivity contribution in [1.82, 2.24) is 10.2 Å². The van der Waals surface area contributed by atoms with Crippen molar-refractivity contribution in [2.75, 3.05) is 23.7 Å². The number of amides is 2. The average molecular weight is 532 g/mol. The first-order chi connectivity index (χ1) is 16.0. The summed E-state index contributed by atoms with van der Waals surface area (Å²) < 4.78 is 39.4. The number of rotatable bonds is 11. The maximum absolute atomic E-state index is 13.5. The lowest BCUT2D eigenvalue weighted by Crippen LogP contribution is -2.52. The van der Waals surface area contributed by atoms with Crippen molar-refractivity contribution in [2.45, 2.75) is 39.3 Å². The zero-order valence-corrected chi connectivity index (χ0v) is 21.6. The quantitative estimate of drug-likeness (QED) is 0.469. The largest absolute Gasteiger partial charge is 0.354 e. The van der Waals surface area contributed by atoms with Crippen LogP contribution in [0, 0.1) is 5.82 Å². The second kappa shape index (κ2) is 12.4. The molecule has 2 amide bonds. The fraction of sp³-hybridized carbons (Fsp3) is 0.391. The van der Waals surface area contributed by atoms with E-state index in [0.717, 1.165) is 10.6 Å². The molecule has 0 aliphatic rings. The predicted molar refractivity (Wildman–Crippen MR) is 133 cm³/mol. The van der Waals surface area contributed by atoms with Crippen LogP contribution in [0.3, 0.4) is 0 Å². The smallest absolute Gasteiger partial charge is 0.244 e. The minimum Gasteiger partial charge on any atom is -0.354 e. The molecule has 0 aliphatic heterocycles. The van der Waals surface area contributed by atoms with Crippen LogP contribution in [0.4, 0.5) is 10.1 Å². The molecule has 0 saturated heterocycles. The Balaban J connectivity index is 2.44. The maximum Gasteiger partial charge on any atom is 0.244 e. The van der Waals surface area contributed by atoms with E-state index in [9.17, 15) is 22.4 Å². The van der Waals surface area contributed by atoms with E-state index in [4.69, 9.17) is 23.2 Å². The molecule has 0 radical (unpaired) electrons. The van der Waals surface area contributed by atoms with E-state index in [1.165, 1.54) is 47.4 Å². The van der Waals surface area contributed by atoms with E-state index in [-0.39, 0.29) is 28.2 Å². The van der Waals surface area contributed by atoms with Crippen LogP contribution in [0.2, 0.25) is 10.0 Å². The second-order valence-corrected chi connectivity index (χ2v) is 10.5. The summed E-state index contributed by atoms with van der Waals surface area (Å²) >= 11 is 12.1. The number of hydrogen-bond donors (Lipinski definition) is 1. The normalized spacial score (nSPS) is 12.2. The Bertz CT molecular complexity index is 1090. The van der Waals surface area contributed by atoms with Gasteiger partial charge in [0.2, 0.25) is 21.8 Å². The monoisotopic (exact) mass is 531 g/mol. The van der Waals surface area contributed by atoms with E-state index in [1.807, 2.05) is 6.92 Å². The number of carbonyl (C=O) groups excluding carboxylic acids is 2. The number of nitrogens with one attached hydrogen (secondary N) is 1. The number of carbonyl (C=O) groups is 2. The van der Waals surface area contributed by atoms with Crippen LogP contribution in [-0.2, 0) is 26.2 Å². The third kappa shape index (κ3) is 7.85.